The summed E-state index contributed by atoms with van der Waals surface area (Å²) in [5, 5.41) is 8.82. The molecule has 2 rings (SSSR count). The van der Waals surface area contributed by atoms with Gasteiger partial charge in [0.25, 0.3) is 5.91 Å². The lowest BCUT2D eigenvalue weighted by molar-refractivity contribution is -0.141. The van der Waals surface area contributed by atoms with Crippen molar-refractivity contribution in [1.29, 1.82) is 0 Å². The molecule has 0 unspecified atom stereocenters. The zero-order valence-electron chi connectivity index (χ0n) is 13.0. The van der Waals surface area contributed by atoms with E-state index in [0.29, 0.717) is 18.7 Å². The second-order valence-electron chi connectivity index (χ2n) is 5.77. The van der Waals surface area contributed by atoms with Gasteiger partial charge in [-0.05, 0) is 50.3 Å². The number of carbonyl (C=O) groups excluding carboxylic acids is 1. The van der Waals surface area contributed by atoms with Gasteiger partial charge in [-0.3, -0.25) is 9.59 Å². The number of carboxylic acid groups (broad SMARTS) is 1. The minimum absolute atomic E-state index is 0.00697. The normalized spacial score (nSPS) is 18.0. The van der Waals surface area contributed by atoms with Gasteiger partial charge in [0.1, 0.15) is 5.75 Å². The number of hydrogen-bond acceptors (Lipinski definition) is 3. The predicted molar refractivity (Wildman–Crippen MR) is 82.9 cm³/mol. The van der Waals surface area contributed by atoms with E-state index in [2.05, 4.69) is 0 Å². The average molecular weight is 305 g/mol. The molecular weight excluding hydrogens is 282 g/mol. The molecule has 0 aliphatic carbocycles. The van der Waals surface area contributed by atoms with Gasteiger partial charge in [0, 0.05) is 19.0 Å². The van der Waals surface area contributed by atoms with Crippen LogP contribution in [-0.4, -0.2) is 41.1 Å². The van der Waals surface area contributed by atoms with E-state index in [4.69, 9.17) is 9.84 Å². The van der Waals surface area contributed by atoms with Crippen LogP contribution >= 0.6 is 0 Å². The molecule has 1 amide bonds. The van der Waals surface area contributed by atoms with E-state index in [9.17, 15) is 9.59 Å². The molecule has 1 aromatic carbocycles. The van der Waals surface area contributed by atoms with Crippen molar-refractivity contribution >= 4 is 11.9 Å². The Bertz CT molecular complexity index is 529. The number of piperidine rings is 1. The highest BCUT2D eigenvalue weighted by Gasteiger charge is 2.27. The van der Waals surface area contributed by atoms with E-state index in [0.717, 1.165) is 24.8 Å². The van der Waals surface area contributed by atoms with Crippen molar-refractivity contribution in [2.45, 2.75) is 45.1 Å². The largest absolute Gasteiger partial charge is 0.484 e. The number of hydrogen-bond donors (Lipinski definition) is 1. The summed E-state index contributed by atoms with van der Waals surface area (Å²) in [5.74, 6) is -0.182. The lowest BCUT2D eigenvalue weighted by Crippen LogP contribution is -2.46. The standard InChI is InChI=1S/C17H23NO4/c1-13-5-4-7-15(11-13)22-12-16(19)18-10-3-2-6-14(18)8-9-17(20)21/h4-5,7,11,14H,2-3,6,8-10,12H2,1H3,(H,20,21)/t14-/m1/s1. The molecule has 1 heterocycles. The van der Waals surface area contributed by atoms with Gasteiger partial charge in [0.15, 0.2) is 6.61 Å². The topological polar surface area (TPSA) is 66.8 Å². The number of benzene rings is 1. The Balaban J connectivity index is 1.89. The molecule has 1 aliphatic rings. The maximum absolute atomic E-state index is 12.4. The van der Waals surface area contributed by atoms with Crippen molar-refractivity contribution < 1.29 is 19.4 Å². The van der Waals surface area contributed by atoms with E-state index in [1.54, 1.807) is 4.90 Å². The third-order valence-electron chi connectivity index (χ3n) is 3.99. The summed E-state index contributed by atoms with van der Waals surface area (Å²) in [4.78, 5) is 24.9. The van der Waals surface area contributed by atoms with Gasteiger partial charge < -0.3 is 14.7 Å². The molecule has 1 aliphatic heterocycles. The van der Waals surface area contributed by atoms with E-state index in [-0.39, 0.29) is 25.0 Å². The third-order valence-corrected chi connectivity index (χ3v) is 3.99. The van der Waals surface area contributed by atoms with E-state index < -0.39 is 5.97 Å². The summed E-state index contributed by atoms with van der Waals surface area (Å²) in [6, 6.07) is 7.62. The van der Waals surface area contributed by atoms with Crippen LogP contribution in [0.5, 0.6) is 5.75 Å². The molecule has 22 heavy (non-hydrogen) atoms. The Kier molecular flexibility index (Phi) is 5.81. The van der Waals surface area contributed by atoms with Crippen LogP contribution in [0, 0.1) is 6.92 Å². The van der Waals surface area contributed by atoms with Crippen molar-refractivity contribution in [3.05, 3.63) is 29.8 Å². The minimum Gasteiger partial charge on any atom is -0.484 e. The molecule has 0 saturated carbocycles. The van der Waals surface area contributed by atoms with Gasteiger partial charge in [-0.2, -0.15) is 0 Å². The Morgan fingerprint density at radius 3 is 2.91 bits per heavy atom. The molecule has 0 bridgehead atoms. The van der Waals surface area contributed by atoms with Crippen LogP contribution in [-0.2, 0) is 9.59 Å². The molecule has 0 spiro atoms. The molecule has 1 aromatic rings. The highest BCUT2D eigenvalue weighted by molar-refractivity contribution is 5.78. The molecule has 1 saturated heterocycles. The number of aryl methyl sites for hydroxylation is 1. The number of ether oxygens (including phenoxy) is 1. The summed E-state index contributed by atoms with van der Waals surface area (Å²) in [6.45, 7) is 2.68. The number of amides is 1. The number of aliphatic carboxylic acids is 1. The predicted octanol–water partition coefficient (Wildman–Crippen LogP) is 2.62. The molecule has 1 N–H and O–H groups in total. The Hall–Kier alpha value is -2.04. The van der Waals surface area contributed by atoms with Crippen molar-refractivity contribution in [2.75, 3.05) is 13.2 Å². The van der Waals surface area contributed by atoms with E-state index in [1.807, 2.05) is 31.2 Å². The summed E-state index contributed by atoms with van der Waals surface area (Å²) in [6.07, 6.45) is 3.52. The first-order chi connectivity index (χ1) is 10.6. The number of carbonyl (C=O) groups is 2. The van der Waals surface area contributed by atoms with E-state index >= 15 is 0 Å². The monoisotopic (exact) mass is 305 g/mol. The van der Waals surface area contributed by atoms with Crippen LogP contribution in [0.4, 0.5) is 0 Å². The summed E-state index contributed by atoms with van der Waals surface area (Å²) in [7, 11) is 0. The summed E-state index contributed by atoms with van der Waals surface area (Å²) < 4.78 is 5.57. The van der Waals surface area contributed by atoms with Crippen LogP contribution < -0.4 is 4.74 Å². The molecule has 5 heteroatoms. The lowest BCUT2D eigenvalue weighted by Gasteiger charge is -2.35. The van der Waals surface area contributed by atoms with Gasteiger partial charge >= 0.3 is 5.97 Å². The quantitative estimate of drug-likeness (QED) is 0.877. The zero-order chi connectivity index (χ0) is 15.9. The first kappa shape index (κ1) is 16.3. The average Bonchev–Trinajstić information content (AvgIpc) is 2.51. The minimum atomic E-state index is -0.811. The first-order valence-electron chi connectivity index (χ1n) is 7.77. The Morgan fingerprint density at radius 1 is 1.36 bits per heavy atom. The number of carboxylic acids is 1. The lowest BCUT2D eigenvalue weighted by atomic mass is 9.98. The second kappa shape index (κ2) is 7.82. The van der Waals surface area contributed by atoms with Crippen LogP contribution in [0.25, 0.3) is 0 Å². The van der Waals surface area contributed by atoms with Crippen LogP contribution in [0.3, 0.4) is 0 Å². The maximum Gasteiger partial charge on any atom is 0.303 e. The molecule has 0 radical (unpaired) electrons. The highest BCUT2D eigenvalue weighted by atomic mass is 16.5. The molecule has 0 aromatic heterocycles. The Morgan fingerprint density at radius 2 is 2.18 bits per heavy atom. The van der Waals surface area contributed by atoms with Crippen LogP contribution in [0.1, 0.15) is 37.7 Å². The van der Waals surface area contributed by atoms with Crippen molar-refractivity contribution in [1.82, 2.24) is 4.90 Å². The van der Waals surface area contributed by atoms with Crippen molar-refractivity contribution in [3.8, 4) is 5.75 Å². The van der Waals surface area contributed by atoms with Gasteiger partial charge in [-0.15, -0.1) is 0 Å². The molecular formula is C17H23NO4. The fraction of sp³-hybridized carbons (Fsp3) is 0.529. The molecule has 5 nitrogen and oxygen atoms in total. The Labute approximate surface area is 130 Å². The van der Waals surface area contributed by atoms with Gasteiger partial charge in [-0.25, -0.2) is 0 Å². The molecule has 120 valence electrons. The SMILES string of the molecule is Cc1cccc(OCC(=O)N2CCCC[C@@H]2CCC(=O)O)c1. The summed E-state index contributed by atoms with van der Waals surface area (Å²) >= 11 is 0. The van der Waals surface area contributed by atoms with Gasteiger partial charge in [0.2, 0.25) is 0 Å². The maximum atomic E-state index is 12.4. The van der Waals surface area contributed by atoms with Gasteiger partial charge in [-0.1, -0.05) is 12.1 Å². The summed E-state index contributed by atoms with van der Waals surface area (Å²) in [5.41, 5.74) is 1.09. The molecule has 1 atom stereocenters. The number of nitrogens with zero attached hydrogens (tertiary/aromatic N) is 1. The third kappa shape index (κ3) is 4.76. The van der Waals surface area contributed by atoms with Gasteiger partial charge in [0.05, 0.1) is 0 Å². The number of rotatable bonds is 6. The highest BCUT2D eigenvalue weighted by Crippen LogP contribution is 2.21. The number of likely N-dealkylation sites (tertiary alicyclic amines) is 1. The fourth-order valence-electron chi connectivity index (χ4n) is 2.85. The second-order valence-corrected chi connectivity index (χ2v) is 5.77. The van der Waals surface area contributed by atoms with Crippen molar-refractivity contribution in [3.63, 3.8) is 0 Å². The zero-order valence-corrected chi connectivity index (χ0v) is 13.0. The fourth-order valence-corrected chi connectivity index (χ4v) is 2.85. The first-order valence-corrected chi connectivity index (χ1v) is 7.77. The molecule has 1 fully saturated rings. The van der Waals surface area contributed by atoms with Crippen LogP contribution in [0.2, 0.25) is 0 Å². The van der Waals surface area contributed by atoms with Crippen molar-refractivity contribution in [2.24, 2.45) is 0 Å². The smallest absolute Gasteiger partial charge is 0.303 e. The van der Waals surface area contributed by atoms with Crippen LogP contribution in [0.15, 0.2) is 24.3 Å². The van der Waals surface area contributed by atoms with E-state index in [1.165, 1.54) is 0 Å².